The molecule has 0 aromatic heterocycles. The number of Topliss-reactive ketones (excluding diaryl/α,β-unsaturated/α-hetero) is 1. The van der Waals surface area contributed by atoms with Crippen molar-refractivity contribution in [3.05, 3.63) is 47.2 Å². The Kier molecular flexibility index (Phi) is 3.38. The third kappa shape index (κ3) is 2.81. The van der Waals surface area contributed by atoms with Crippen LogP contribution in [0.5, 0.6) is 0 Å². The second-order valence-electron chi connectivity index (χ2n) is 4.17. The molecule has 2 rings (SSSR count). The van der Waals surface area contributed by atoms with Crippen LogP contribution in [-0.2, 0) is 20.7 Å². The molecule has 1 aromatic rings. The van der Waals surface area contributed by atoms with Crippen molar-refractivity contribution in [1.29, 1.82) is 0 Å². The Balaban J connectivity index is 1.99. The molecule has 0 saturated carbocycles. The number of carbonyl (C=O) groups is 2. The van der Waals surface area contributed by atoms with E-state index in [1.54, 1.807) is 0 Å². The molecule has 0 heterocycles. The lowest BCUT2D eigenvalue weighted by molar-refractivity contribution is -0.141. The number of benzene rings is 1. The summed E-state index contributed by atoms with van der Waals surface area (Å²) >= 11 is 0. The number of carbonyl (C=O) groups excluding carboxylic acids is 2. The maximum Gasteiger partial charge on any atom is 0.315 e. The largest absolute Gasteiger partial charge is 0.423 e. The zero-order valence-electron chi connectivity index (χ0n) is 9.73. The molecule has 0 aliphatic heterocycles. The third-order valence-corrected chi connectivity index (χ3v) is 2.78. The maximum atomic E-state index is 11.7. The van der Waals surface area contributed by atoms with Crippen molar-refractivity contribution in [2.45, 2.75) is 26.2 Å². The number of ether oxygens (including phenoxy) is 1. The minimum absolute atomic E-state index is 0.0658. The van der Waals surface area contributed by atoms with Gasteiger partial charge in [0.2, 0.25) is 0 Å². The lowest BCUT2D eigenvalue weighted by Gasteiger charge is -2.05. The monoisotopic (exact) mass is 230 g/mol. The summed E-state index contributed by atoms with van der Waals surface area (Å²) in [7, 11) is 0. The Morgan fingerprint density at radius 2 is 1.94 bits per heavy atom. The van der Waals surface area contributed by atoms with Crippen LogP contribution in [0.3, 0.4) is 0 Å². The molecule has 0 atom stereocenters. The predicted molar refractivity (Wildman–Crippen MR) is 63.2 cm³/mol. The van der Waals surface area contributed by atoms with E-state index in [4.69, 9.17) is 4.74 Å². The van der Waals surface area contributed by atoms with Gasteiger partial charge < -0.3 is 4.74 Å². The highest BCUT2D eigenvalue weighted by Crippen LogP contribution is 2.23. The zero-order valence-corrected chi connectivity index (χ0v) is 9.73. The van der Waals surface area contributed by atoms with Gasteiger partial charge in [-0.2, -0.15) is 0 Å². The van der Waals surface area contributed by atoms with Gasteiger partial charge >= 0.3 is 5.97 Å². The zero-order chi connectivity index (χ0) is 12.3. The molecule has 3 nitrogen and oxygen atoms in total. The third-order valence-electron chi connectivity index (χ3n) is 2.78. The minimum Gasteiger partial charge on any atom is -0.423 e. The van der Waals surface area contributed by atoms with E-state index >= 15 is 0 Å². The quantitative estimate of drug-likeness (QED) is 0.749. The van der Waals surface area contributed by atoms with Crippen molar-refractivity contribution in [3.63, 3.8) is 0 Å². The van der Waals surface area contributed by atoms with E-state index in [1.165, 1.54) is 0 Å². The molecule has 0 saturated heterocycles. The first-order chi connectivity index (χ1) is 8.16. The number of hydrogen-bond acceptors (Lipinski definition) is 3. The molecule has 0 bridgehead atoms. The van der Waals surface area contributed by atoms with Crippen LogP contribution in [0, 0.1) is 0 Å². The summed E-state index contributed by atoms with van der Waals surface area (Å²) in [5.41, 5.74) is 1.76. The number of allylic oxidation sites excluding steroid dienone is 2. The molecule has 1 aliphatic carbocycles. The number of rotatable bonds is 3. The van der Waals surface area contributed by atoms with E-state index in [9.17, 15) is 9.59 Å². The Morgan fingerprint density at radius 3 is 2.53 bits per heavy atom. The number of hydrogen-bond donors (Lipinski definition) is 0. The van der Waals surface area contributed by atoms with E-state index in [0.717, 1.165) is 11.1 Å². The van der Waals surface area contributed by atoms with Crippen molar-refractivity contribution >= 4 is 11.8 Å². The highest BCUT2D eigenvalue weighted by molar-refractivity contribution is 5.98. The van der Waals surface area contributed by atoms with Gasteiger partial charge in [0, 0.05) is 6.42 Å². The molecule has 17 heavy (non-hydrogen) atoms. The summed E-state index contributed by atoms with van der Waals surface area (Å²) < 4.78 is 5.13. The van der Waals surface area contributed by atoms with Crippen LogP contribution in [0.1, 0.15) is 25.3 Å². The Bertz CT molecular complexity index is 472. The summed E-state index contributed by atoms with van der Waals surface area (Å²) in [6, 6.07) is 9.35. The van der Waals surface area contributed by atoms with E-state index in [2.05, 4.69) is 0 Å². The topological polar surface area (TPSA) is 43.4 Å². The van der Waals surface area contributed by atoms with E-state index in [1.807, 2.05) is 37.3 Å². The Hall–Kier alpha value is -1.90. The predicted octanol–water partition coefficient (Wildman–Crippen LogP) is 2.41. The van der Waals surface area contributed by atoms with Crippen LogP contribution in [0.2, 0.25) is 0 Å². The lowest BCUT2D eigenvalue weighted by atomic mass is 10.1. The van der Waals surface area contributed by atoms with E-state index in [0.29, 0.717) is 12.8 Å². The van der Waals surface area contributed by atoms with Gasteiger partial charge in [-0.05, 0) is 24.5 Å². The average molecular weight is 230 g/mol. The summed E-state index contributed by atoms with van der Waals surface area (Å²) in [5, 5.41) is 0. The van der Waals surface area contributed by atoms with Gasteiger partial charge in [-0.3, -0.25) is 9.59 Å². The number of ketones is 1. The fourth-order valence-corrected chi connectivity index (χ4v) is 1.82. The molecule has 3 heteroatoms. The van der Waals surface area contributed by atoms with Gasteiger partial charge in [0.1, 0.15) is 0 Å². The molecular weight excluding hydrogens is 216 g/mol. The molecule has 1 aliphatic rings. The standard InChI is InChI=1S/C14H14O3/c1-10-7-8-12(15)14(10)17-13(16)9-11-5-3-2-4-6-11/h2-6H,7-9H2,1H3. The SMILES string of the molecule is CC1=C(OC(=O)Cc2ccccc2)C(=O)CC1. The lowest BCUT2D eigenvalue weighted by Crippen LogP contribution is -2.11. The van der Waals surface area contributed by atoms with Gasteiger partial charge in [-0.15, -0.1) is 0 Å². The van der Waals surface area contributed by atoms with Crippen LogP contribution in [0.15, 0.2) is 41.7 Å². The van der Waals surface area contributed by atoms with Gasteiger partial charge in [-0.1, -0.05) is 30.3 Å². The van der Waals surface area contributed by atoms with E-state index < -0.39 is 0 Å². The summed E-state index contributed by atoms with van der Waals surface area (Å²) in [6.07, 6.45) is 1.36. The van der Waals surface area contributed by atoms with Gasteiger partial charge in [0.25, 0.3) is 0 Å². The molecule has 0 radical (unpaired) electrons. The normalized spacial score (nSPS) is 15.2. The van der Waals surface area contributed by atoms with Crippen LogP contribution >= 0.6 is 0 Å². The molecule has 0 N–H and O–H groups in total. The van der Waals surface area contributed by atoms with Gasteiger partial charge in [-0.25, -0.2) is 0 Å². The van der Waals surface area contributed by atoms with Gasteiger partial charge in [0.05, 0.1) is 6.42 Å². The van der Waals surface area contributed by atoms with Crippen molar-refractivity contribution < 1.29 is 14.3 Å². The number of esters is 1. The summed E-state index contributed by atoms with van der Waals surface area (Å²) in [4.78, 5) is 23.1. The average Bonchev–Trinajstić information content (AvgIpc) is 2.62. The molecule has 0 spiro atoms. The van der Waals surface area contributed by atoms with Crippen molar-refractivity contribution in [1.82, 2.24) is 0 Å². The first kappa shape index (κ1) is 11.6. The first-order valence-electron chi connectivity index (χ1n) is 5.64. The van der Waals surface area contributed by atoms with Crippen molar-refractivity contribution in [2.75, 3.05) is 0 Å². The van der Waals surface area contributed by atoms with Crippen LogP contribution < -0.4 is 0 Å². The second kappa shape index (κ2) is 4.95. The molecule has 1 aromatic carbocycles. The summed E-state index contributed by atoms with van der Waals surface area (Å²) in [6.45, 7) is 1.83. The first-order valence-corrected chi connectivity index (χ1v) is 5.64. The molecule has 0 fully saturated rings. The van der Waals surface area contributed by atoms with Crippen LogP contribution in [-0.4, -0.2) is 11.8 Å². The van der Waals surface area contributed by atoms with Crippen molar-refractivity contribution in [3.8, 4) is 0 Å². The molecule has 0 unspecified atom stereocenters. The maximum absolute atomic E-state index is 11.7. The second-order valence-corrected chi connectivity index (χ2v) is 4.17. The van der Waals surface area contributed by atoms with E-state index in [-0.39, 0.29) is 23.9 Å². The van der Waals surface area contributed by atoms with Crippen LogP contribution in [0.4, 0.5) is 0 Å². The Morgan fingerprint density at radius 1 is 1.24 bits per heavy atom. The fraction of sp³-hybridized carbons (Fsp3) is 0.286. The summed E-state index contributed by atoms with van der Waals surface area (Å²) in [5.74, 6) is -0.185. The Labute approximate surface area is 100 Å². The minimum atomic E-state index is -0.374. The molecular formula is C14H14O3. The van der Waals surface area contributed by atoms with Crippen molar-refractivity contribution in [2.24, 2.45) is 0 Å². The fourth-order valence-electron chi connectivity index (χ4n) is 1.82. The highest BCUT2D eigenvalue weighted by Gasteiger charge is 2.24. The molecule has 0 amide bonds. The molecule has 88 valence electrons. The highest BCUT2D eigenvalue weighted by atomic mass is 16.5. The smallest absolute Gasteiger partial charge is 0.315 e. The van der Waals surface area contributed by atoms with Crippen LogP contribution in [0.25, 0.3) is 0 Å². The van der Waals surface area contributed by atoms with Gasteiger partial charge in [0.15, 0.2) is 11.5 Å².